The molecule has 1 aliphatic heterocycles. The van der Waals surface area contributed by atoms with Gasteiger partial charge >= 0.3 is 6.09 Å². The molecule has 1 rings (SSSR count). The number of alkyl carbamates (subject to hydrolysis) is 1. The lowest BCUT2D eigenvalue weighted by Crippen LogP contribution is -2.35. The Hall–Kier alpha value is -1.74. The zero-order valence-electron chi connectivity index (χ0n) is 14.6. The largest absolute Gasteiger partial charge is 0.436 e. The fourth-order valence-electron chi connectivity index (χ4n) is 2.26. The van der Waals surface area contributed by atoms with E-state index in [-0.39, 0.29) is 5.91 Å². The number of hydrogen-bond acceptors (Lipinski definition) is 4. The molecule has 0 aromatic heterocycles. The van der Waals surface area contributed by atoms with Gasteiger partial charge in [0.25, 0.3) is 5.91 Å². The van der Waals surface area contributed by atoms with Crippen LogP contribution in [0.1, 0.15) is 39.0 Å². The minimum Gasteiger partial charge on any atom is -0.436 e. The molecule has 130 valence electrons. The van der Waals surface area contributed by atoms with Crippen molar-refractivity contribution in [2.24, 2.45) is 0 Å². The molecule has 0 aromatic carbocycles. The molecule has 0 radical (unpaired) electrons. The van der Waals surface area contributed by atoms with Crippen LogP contribution in [-0.2, 0) is 9.53 Å². The van der Waals surface area contributed by atoms with E-state index >= 15 is 0 Å². The molecule has 1 aliphatic rings. The van der Waals surface area contributed by atoms with Crippen molar-refractivity contribution in [2.75, 3.05) is 40.3 Å². The first-order valence-corrected chi connectivity index (χ1v) is 8.38. The Balaban J connectivity index is 2.24. The lowest BCUT2D eigenvalue weighted by Gasteiger charge is -2.14. The van der Waals surface area contributed by atoms with E-state index in [4.69, 9.17) is 4.74 Å². The summed E-state index contributed by atoms with van der Waals surface area (Å²) in [6.45, 7) is 4.39. The van der Waals surface area contributed by atoms with Crippen LogP contribution in [0.3, 0.4) is 0 Å². The second kappa shape index (κ2) is 10.9. The van der Waals surface area contributed by atoms with E-state index < -0.39 is 12.2 Å². The first kappa shape index (κ1) is 19.3. The van der Waals surface area contributed by atoms with Gasteiger partial charge in [0.15, 0.2) is 6.10 Å². The van der Waals surface area contributed by atoms with Crippen molar-refractivity contribution in [1.82, 2.24) is 15.1 Å². The van der Waals surface area contributed by atoms with Crippen molar-refractivity contribution in [3.8, 4) is 11.8 Å². The highest BCUT2D eigenvalue weighted by Gasteiger charge is 2.33. The number of rotatable bonds is 8. The van der Waals surface area contributed by atoms with Crippen LogP contribution < -0.4 is 5.32 Å². The standard InChI is InChI=1S/C17H29N3O3/c1-4-5-6-7-11-18-17(22)23-15-10-14-20(16(15)21)13-9-8-12-19(2)3/h15H,4-7,10-14H2,1-3H3,(H,18,22). The van der Waals surface area contributed by atoms with Gasteiger partial charge in [-0.15, -0.1) is 0 Å². The highest BCUT2D eigenvalue weighted by atomic mass is 16.6. The van der Waals surface area contributed by atoms with Gasteiger partial charge in [-0.25, -0.2) is 4.79 Å². The Morgan fingerprint density at radius 2 is 2.13 bits per heavy atom. The van der Waals surface area contributed by atoms with Crippen LogP contribution in [-0.4, -0.2) is 68.2 Å². The highest BCUT2D eigenvalue weighted by molar-refractivity contribution is 5.85. The van der Waals surface area contributed by atoms with Crippen molar-refractivity contribution in [2.45, 2.75) is 45.1 Å². The molecule has 0 saturated carbocycles. The van der Waals surface area contributed by atoms with Gasteiger partial charge in [0.1, 0.15) is 0 Å². The average molecular weight is 323 g/mol. The zero-order chi connectivity index (χ0) is 17.1. The lowest BCUT2D eigenvalue weighted by molar-refractivity contribution is -0.134. The Bertz CT molecular complexity index is 440. The highest BCUT2D eigenvalue weighted by Crippen LogP contribution is 2.14. The summed E-state index contributed by atoms with van der Waals surface area (Å²) in [7, 11) is 3.89. The van der Waals surface area contributed by atoms with Crippen LogP contribution in [0.2, 0.25) is 0 Å². The topological polar surface area (TPSA) is 61.9 Å². The molecule has 23 heavy (non-hydrogen) atoms. The summed E-state index contributed by atoms with van der Waals surface area (Å²) in [5, 5.41) is 2.70. The number of likely N-dealkylation sites (tertiary alicyclic amines) is 1. The van der Waals surface area contributed by atoms with Crippen molar-refractivity contribution >= 4 is 12.0 Å². The quantitative estimate of drug-likeness (QED) is 0.543. The maximum absolute atomic E-state index is 12.1. The average Bonchev–Trinajstić information content (AvgIpc) is 2.84. The van der Waals surface area contributed by atoms with Crippen LogP contribution >= 0.6 is 0 Å². The summed E-state index contributed by atoms with van der Waals surface area (Å²) in [6, 6.07) is 0. The minimum atomic E-state index is -0.665. The molecule has 1 fully saturated rings. The van der Waals surface area contributed by atoms with Crippen LogP contribution in [0.5, 0.6) is 0 Å². The summed E-state index contributed by atoms with van der Waals surface area (Å²) >= 11 is 0. The monoisotopic (exact) mass is 323 g/mol. The van der Waals surface area contributed by atoms with Crippen molar-refractivity contribution < 1.29 is 14.3 Å². The third-order valence-electron chi connectivity index (χ3n) is 3.59. The van der Waals surface area contributed by atoms with E-state index in [1.807, 2.05) is 19.0 Å². The summed E-state index contributed by atoms with van der Waals surface area (Å²) in [6.07, 6.45) is 3.74. The first-order valence-electron chi connectivity index (χ1n) is 8.38. The van der Waals surface area contributed by atoms with Gasteiger partial charge in [-0.3, -0.25) is 9.69 Å². The Morgan fingerprint density at radius 3 is 2.83 bits per heavy atom. The fourth-order valence-corrected chi connectivity index (χ4v) is 2.26. The predicted molar refractivity (Wildman–Crippen MR) is 89.9 cm³/mol. The number of hydrogen-bond donors (Lipinski definition) is 1. The molecular weight excluding hydrogens is 294 g/mol. The van der Waals surface area contributed by atoms with Gasteiger partial charge in [0.05, 0.1) is 13.1 Å². The Labute approximate surface area is 139 Å². The van der Waals surface area contributed by atoms with E-state index in [2.05, 4.69) is 24.1 Å². The summed E-state index contributed by atoms with van der Waals surface area (Å²) < 4.78 is 5.21. The SMILES string of the molecule is CCCCCCNC(=O)OC1CCN(CC#CCN(C)C)C1=O. The molecule has 0 aromatic rings. The third-order valence-corrected chi connectivity index (χ3v) is 3.59. The van der Waals surface area contributed by atoms with Gasteiger partial charge < -0.3 is 15.0 Å². The van der Waals surface area contributed by atoms with Crippen LogP contribution in [0.15, 0.2) is 0 Å². The molecule has 2 amide bonds. The van der Waals surface area contributed by atoms with Gasteiger partial charge in [-0.1, -0.05) is 38.0 Å². The lowest BCUT2D eigenvalue weighted by atomic mass is 10.2. The molecule has 0 aliphatic carbocycles. The van der Waals surface area contributed by atoms with Gasteiger partial charge in [0, 0.05) is 19.5 Å². The number of carbonyl (C=O) groups excluding carboxylic acids is 2. The van der Waals surface area contributed by atoms with Crippen LogP contribution in [0.25, 0.3) is 0 Å². The van der Waals surface area contributed by atoms with E-state index in [1.54, 1.807) is 4.90 Å². The maximum Gasteiger partial charge on any atom is 0.407 e. The summed E-state index contributed by atoms with van der Waals surface area (Å²) in [5.74, 6) is 5.82. The third kappa shape index (κ3) is 7.89. The second-order valence-corrected chi connectivity index (χ2v) is 6.02. The number of nitrogens with zero attached hydrogens (tertiary/aromatic N) is 2. The Morgan fingerprint density at radius 1 is 1.35 bits per heavy atom. The number of nitrogens with one attached hydrogen (secondary N) is 1. The van der Waals surface area contributed by atoms with Gasteiger partial charge in [-0.2, -0.15) is 0 Å². The van der Waals surface area contributed by atoms with Crippen molar-refractivity contribution in [3.63, 3.8) is 0 Å². The van der Waals surface area contributed by atoms with Crippen LogP contribution in [0.4, 0.5) is 4.79 Å². The molecule has 1 saturated heterocycles. The molecule has 1 heterocycles. The molecule has 1 atom stereocenters. The number of ether oxygens (including phenoxy) is 1. The number of unbranched alkanes of at least 4 members (excludes halogenated alkanes) is 3. The molecular formula is C17H29N3O3. The maximum atomic E-state index is 12.1. The van der Waals surface area contributed by atoms with E-state index in [0.717, 1.165) is 19.3 Å². The molecule has 1 N–H and O–H groups in total. The van der Waals surface area contributed by atoms with Gasteiger partial charge in [-0.05, 0) is 20.5 Å². The number of carbonyl (C=O) groups is 2. The normalized spacial score (nSPS) is 17.1. The molecule has 6 heteroatoms. The summed E-state index contributed by atoms with van der Waals surface area (Å²) in [5.41, 5.74) is 0. The molecule has 6 nitrogen and oxygen atoms in total. The van der Waals surface area contributed by atoms with Crippen LogP contribution in [0, 0.1) is 11.8 Å². The fraction of sp³-hybridized carbons (Fsp3) is 0.765. The first-order chi connectivity index (χ1) is 11.0. The minimum absolute atomic E-state index is 0.148. The zero-order valence-corrected chi connectivity index (χ0v) is 14.6. The van der Waals surface area contributed by atoms with Gasteiger partial charge in [0.2, 0.25) is 0 Å². The number of amides is 2. The van der Waals surface area contributed by atoms with E-state index in [9.17, 15) is 9.59 Å². The Kier molecular flexibility index (Phi) is 9.15. The van der Waals surface area contributed by atoms with E-state index in [1.165, 1.54) is 6.42 Å². The molecule has 0 bridgehead atoms. The summed E-state index contributed by atoms with van der Waals surface area (Å²) in [4.78, 5) is 27.4. The smallest absolute Gasteiger partial charge is 0.407 e. The predicted octanol–water partition coefficient (Wildman–Crippen LogP) is 1.46. The van der Waals surface area contributed by atoms with Crippen molar-refractivity contribution in [1.29, 1.82) is 0 Å². The molecule has 1 unspecified atom stereocenters. The molecule has 0 spiro atoms. The van der Waals surface area contributed by atoms with E-state index in [0.29, 0.717) is 32.6 Å². The van der Waals surface area contributed by atoms with Crippen molar-refractivity contribution in [3.05, 3.63) is 0 Å². The second-order valence-electron chi connectivity index (χ2n) is 6.02.